The number of hydrogen-bond acceptors (Lipinski definition) is 5. The van der Waals surface area contributed by atoms with E-state index in [-0.39, 0.29) is 23.7 Å². The number of piperidine rings is 1. The first kappa shape index (κ1) is 13.5. The number of ether oxygens (including phenoxy) is 1. The van der Waals surface area contributed by atoms with Crippen LogP contribution in [0, 0.1) is 5.41 Å². The summed E-state index contributed by atoms with van der Waals surface area (Å²) in [7, 11) is 2.13. The number of likely N-dealkylation sites (tertiary alicyclic amines) is 1. The van der Waals surface area contributed by atoms with E-state index >= 15 is 0 Å². The van der Waals surface area contributed by atoms with E-state index in [1.54, 1.807) is 6.08 Å². The van der Waals surface area contributed by atoms with Gasteiger partial charge >= 0.3 is 0 Å². The van der Waals surface area contributed by atoms with E-state index in [9.17, 15) is 10.2 Å². The minimum absolute atomic E-state index is 0.202. The summed E-state index contributed by atoms with van der Waals surface area (Å²) in [5, 5.41) is 20.9. The molecule has 2 fully saturated rings. The SMILES string of the molecule is CN1CC[C@]23C4=C5C=CC(O)C4O[C@H]2C(O)C=C[C@@]3(N)C1C5. The first-order valence-electron chi connectivity index (χ1n) is 8.11. The molecule has 22 heavy (non-hydrogen) atoms. The Kier molecular flexibility index (Phi) is 2.39. The third-order valence-electron chi connectivity index (χ3n) is 6.70. The summed E-state index contributed by atoms with van der Waals surface area (Å²) < 4.78 is 6.19. The Hall–Kier alpha value is -0.980. The first-order valence-corrected chi connectivity index (χ1v) is 8.11. The maximum absolute atomic E-state index is 10.5. The summed E-state index contributed by atoms with van der Waals surface area (Å²) in [6, 6.07) is 0.202. The molecule has 1 spiro atoms. The number of aliphatic hydroxyl groups excluding tert-OH is 2. The fourth-order valence-electron chi connectivity index (χ4n) is 5.72. The second-order valence-electron chi connectivity index (χ2n) is 7.47. The van der Waals surface area contributed by atoms with Crippen LogP contribution >= 0.6 is 0 Å². The zero-order valence-electron chi connectivity index (χ0n) is 12.6. The number of aliphatic hydroxyl groups is 2. The van der Waals surface area contributed by atoms with Crippen molar-refractivity contribution >= 4 is 0 Å². The van der Waals surface area contributed by atoms with Gasteiger partial charge < -0.3 is 25.6 Å². The molecule has 2 bridgehead atoms. The van der Waals surface area contributed by atoms with E-state index in [0.717, 1.165) is 25.0 Å². The molecule has 0 aromatic carbocycles. The topological polar surface area (TPSA) is 79.0 Å². The van der Waals surface area contributed by atoms with Gasteiger partial charge in [0, 0.05) is 11.5 Å². The first-order chi connectivity index (χ1) is 10.5. The number of allylic oxidation sites excluding steroid dienone is 1. The molecule has 7 atom stereocenters. The highest BCUT2D eigenvalue weighted by Gasteiger charge is 2.71. The number of hydrogen-bond donors (Lipinski definition) is 3. The third-order valence-corrected chi connectivity index (χ3v) is 6.70. The maximum atomic E-state index is 10.5. The molecular formula is C17H22N2O3. The van der Waals surface area contributed by atoms with E-state index < -0.39 is 17.7 Å². The van der Waals surface area contributed by atoms with Crippen molar-refractivity contribution < 1.29 is 14.9 Å². The Morgan fingerprint density at radius 1 is 1.32 bits per heavy atom. The third kappa shape index (κ3) is 1.22. The van der Waals surface area contributed by atoms with Gasteiger partial charge in [-0.1, -0.05) is 24.3 Å². The Labute approximate surface area is 129 Å². The molecule has 118 valence electrons. The Balaban J connectivity index is 1.82. The van der Waals surface area contributed by atoms with E-state index in [0.29, 0.717) is 0 Å². The summed E-state index contributed by atoms with van der Waals surface area (Å²) >= 11 is 0. The molecule has 4 N–H and O–H groups in total. The molecule has 0 aromatic heterocycles. The number of rotatable bonds is 0. The summed E-state index contributed by atoms with van der Waals surface area (Å²) in [6.45, 7) is 0.938. The normalized spacial score (nSPS) is 55.5. The molecule has 0 aromatic rings. The second kappa shape index (κ2) is 3.91. The van der Waals surface area contributed by atoms with Gasteiger partial charge in [-0.3, -0.25) is 0 Å². The van der Waals surface area contributed by atoms with Crippen LogP contribution in [0.3, 0.4) is 0 Å². The van der Waals surface area contributed by atoms with Gasteiger partial charge in [0.05, 0.1) is 17.7 Å². The summed E-state index contributed by atoms with van der Waals surface area (Å²) in [5.74, 6) is 0. The molecule has 0 radical (unpaired) electrons. The van der Waals surface area contributed by atoms with Gasteiger partial charge in [0.25, 0.3) is 0 Å². The number of nitrogens with zero attached hydrogens (tertiary/aromatic N) is 1. The fraction of sp³-hybridized carbons (Fsp3) is 0.647. The van der Waals surface area contributed by atoms with Gasteiger partial charge in [0.2, 0.25) is 0 Å². The Bertz CT molecular complexity index is 642. The van der Waals surface area contributed by atoms with Crippen molar-refractivity contribution in [2.45, 2.75) is 48.8 Å². The van der Waals surface area contributed by atoms with Crippen LogP contribution in [-0.4, -0.2) is 64.7 Å². The molecule has 5 heteroatoms. The zero-order valence-corrected chi connectivity index (χ0v) is 12.6. The summed E-state index contributed by atoms with van der Waals surface area (Å²) in [6.07, 6.45) is 7.37. The van der Waals surface area contributed by atoms with E-state index in [2.05, 4.69) is 11.9 Å². The predicted molar refractivity (Wildman–Crippen MR) is 81.0 cm³/mol. The van der Waals surface area contributed by atoms with Crippen LogP contribution in [-0.2, 0) is 4.74 Å². The van der Waals surface area contributed by atoms with Crippen molar-refractivity contribution in [3.63, 3.8) is 0 Å². The summed E-state index contributed by atoms with van der Waals surface area (Å²) in [5.41, 5.74) is 8.44. The van der Waals surface area contributed by atoms with Gasteiger partial charge in [0.1, 0.15) is 12.2 Å². The van der Waals surface area contributed by atoms with E-state index in [4.69, 9.17) is 10.5 Å². The fourth-order valence-corrected chi connectivity index (χ4v) is 5.72. The van der Waals surface area contributed by atoms with Gasteiger partial charge in [0.15, 0.2) is 0 Å². The molecule has 3 aliphatic carbocycles. The van der Waals surface area contributed by atoms with Crippen molar-refractivity contribution in [3.8, 4) is 0 Å². The van der Waals surface area contributed by atoms with Crippen LogP contribution in [0.1, 0.15) is 12.8 Å². The Morgan fingerprint density at radius 2 is 2.14 bits per heavy atom. The van der Waals surface area contributed by atoms with Crippen molar-refractivity contribution in [2.24, 2.45) is 11.1 Å². The van der Waals surface area contributed by atoms with Crippen molar-refractivity contribution in [2.75, 3.05) is 13.6 Å². The molecule has 0 saturated carbocycles. The molecule has 5 nitrogen and oxygen atoms in total. The van der Waals surface area contributed by atoms with Crippen molar-refractivity contribution in [1.82, 2.24) is 4.90 Å². The van der Waals surface area contributed by atoms with E-state index in [1.807, 2.05) is 18.2 Å². The highest BCUT2D eigenvalue weighted by atomic mass is 16.5. The predicted octanol–water partition coefficient (Wildman–Crippen LogP) is -0.296. The van der Waals surface area contributed by atoms with E-state index in [1.165, 1.54) is 5.57 Å². The maximum Gasteiger partial charge on any atom is 0.110 e. The smallest absolute Gasteiger partial charge is 0.110 e. The number of likely N-dealkylation sites (N-methyl/N-ethyl adjacent to an activating group) is 1. The van der Waals surface area contributed by atoms with Crippen molar-refractivity contribution in [3.05, 3.63) is 35.5 Å². The van der Waals surface area contributed by atoms with Crippen LogP contribution in [0.2, 0.25) is 0 Å². The molecule has 5 rings (SSSR count). The minimum Gasteiger partial charge on any atom is -0.386 e. The quantitative estimate of drug-likeness (QED) is 0.536. The van der Waals surface area contributed by atoms with Crippen LogP contribution in [0.15, 0.2) is 35.5 Å². The lowest BCUT2D eigenvalue weighted by Gasteiger charge is -2.63. The van der Waals surface area contributed by atoms with Crippen LogP contribution in [0.25, 0.3) is 0 Å². The van der Waals surface area contributed by atoms with Gasteiger partial charge in [-0.15, -0.1) is 0 Å². The standard InChI is InChI=1S/C17H22N2O3/c1-19-7-6-16-13-9-2-3-10(20)14(13)22-15(16)11(21)4-5-17(16,18)12(19)8-9/h2-5,10-12,14-15,20-21H,6-8,18H2,1H3/t10?,11?,12?,14?,15-,16-,17+/m0/s1. The highest BCUT2D eigenvalue weighted by Crippen LogP contribution is 2.64. The van der Waals surface area contributed by atoms with Crippen molar-refractivity contribution in [1.29, 1.82) is 0 Å². The van der Waals surface area contributed by atoms with Gasteiger partial charge in [-0.2, -0.15) is 0 Å². The second-order valence-corrected chi connectivity index (χ2v) is 7.47. The molecular weight excluding hydrogens is 280 g/mol. The van der Waals surface area contributed by atoms with Crippen LogP contribution < -0.4 is 5.73 Å². The zero-order chi connectivity index (χ0) is 15.3. The largest absolute Gasteiger partial charge is 0.386 e. The molecule has 5 aliphatic rings. The van der Waals surface area contributed by atoms with Gasteiger partial charge in [-0.25, -0.2) is 0 Å². The lowest BCUT2D eigenvalue weighted by molar-refractivity contribution is -0.114. The Morgan fingerprint density at radius 3 is 2.95 bits per heavy atom. The summed E-state index contributed by atoms with van der Waals surface area (Å²) in [4.78, 5) is 2.33. The van der Waals surface area contributed by atoms with Crippen LogP contribution in [0.4, 0.5) is 0 Å². The lowest BCUT2D eigenvalue weighted by Crippen LogP contribution is -2.76. The molecule has 0 amide bonds. The number of nitrogens with two attached hydrogens (primary N) is 1. The minimum atomic E-state index is -0.662. The molecule has 2 saturated heterocycles. The van der Waals surface area contributed by atoms with Crippen LogP contribution in [0.5, 0.6) is 0 Å². The molecule has 2 aliphatic heterocycles. The average Bonchev–Trinajstić information content (AvgIpc) is 2.85. The molecule has 4 unspecified atom stereocenters. The highest BCUT2D eigenvalue weighted by molar-refractivity contribution is 5.54. The lowest BCUT2D eigenvalue weighted by atomic mass is 9.48. The monoisotopic (exact) mass is 302 g/mol. The van der Waals surface area contributed by atoms with Gasteiger partial charge in [-0.05, 0) is 37.6 Å². The molecule has 2 heterocycles. The average molecular weight is 302 g/mol.